The first-order valence-electron chi connectivity index (χ1n) is 11.1. The predicted octanol–water partition coefficient (Wildman–Crippen LogP) is 3.73. The molecule has 182 valence electrons. The second-order valence-corrected chi connectivity index (χ2v) is 9.56. The molecule has 1 aliphatic heterocycles. The second-order valence-electron chi connectivity index (χ2n) is 8.53. The average molecular weight is 494 g/mol. The summed E-state index contributed by atoms with van der Waals surface area (Å²) in [6.07, 6.45) is -1.96. The SMILES string of the molecule is Cc1nn(-c2cccc(C(F)(F)F)c2)c2sc(C(=O)NCCCN3CCCC(C(N)=O)C3)cc12. The average Bonchev–Trinajstić information content (AvgIpc) is 3.37. The van der Waals surface area contributed by atoms with Crippen molar-refractivity contribution in [2.45, 2.75) is 32.4 Å². The number of likely N-dealkylation sites (tertiary alicyclic amines) is 1. The zero-order valence-corrected chi connectivity index (χ0v) is 19.5. The van der Waals surface area contributed by atoms with Gasteiger partial charge in [0, 0.05) is 18.5 Å². The van der Waals surface area contributed by atoms with Gasteiger partial charge < -0.3 is 16.0 Å². The summed E-state index contributed by atoms with van der Waals surface area (Å²) in [5.74, 6) is -0.604. The molecule has 0 bridgehead atoms. The lowest BCUT2D eigenvalue weighted by molar-refractivity contribution is -0.137. The highest BCUT2D eigenvalue weighted by molar-refractivity contribution is 7.20. The summed E-state index contributed by atoms with van der Waals surface area (Å²) in [7, 11) is 0. The van der Waals surface area contributed by atoms with Crippen LogP contribution in [0.5, 0.6) is 0 Å². The van der Waals surface area contributed by atoms with Crippen LogP contribution in [0.3, 0.4) is 0 Å². The van der Waals surface area contributed by atoms with Gasteiger partial charge in [-0.05, 0) is 63.5 Å². The van der Waals surface area contributed by atoms with Crippen LogP contribution in [0.2, 0.25) is 0 Å². The molecule has 34 heavy (non-hydrogen) atoms. The summed E-state index contributed by atoms with van der Waals surface area (Å²) in [5, 5.41) is 8.02. The molecule has 0 saturated carbocycles. The van der Waals surface area contributed by atoms with E-state index >= 15 is 0 Å². The van der Waals surface area contributed by atoms with Crippen molar-refractivity contribution < 1.29 is 22.8 Å². The number of hydrogen-bond acceptors (Lipinski definition) is 5. The van der Waals surface area contributed by atoms with E-state index in [9.17, 15) is 22.8 Å². The van der Waals surface area contributed by atoms with Crippen molar-refractivity contribution in [3.05, 3.63) is 46.5 Å². The van der Waals surface area contributed by atoms with Gasteiger partial charge in [-0.1, -0.05) is 6.07 Å². The molecule has 2 aromatic heterocycles. The van der Waals surface area contributed by atoms with Crippen molar-refractivity contribution in [1.82, 2.24) is 20.0 Å². The molecule has 1 unspecified atom stereocenters. The number of benzene rings is 1. The van der Waals surface area contributed by atoms with E-state index in [1.807, 2.05) is 0 Å². The van der Waals surface area contributed by atoms with Gasteiger partial charge in [-0.2, -0.15) is 18.3 Å². The number of piperidine rings is 1. The zero-order chi connectivity index (χ0) is 24.5. The highest BCUT2D eigenvalue weighted by Crippen LogP contribution is 2.33. The Labute approximate surface area is 198 Å². The second kappa shape index (κ2) is 9.75. The number of amides is 2. The molecule has 1 saturated heterocycles. The minimum atomic E-state index is -4.45. The standard InChI is InChI=1S/C23H26F3N5O2S/c1-14-18-12-19(21(33)28-8-4-10-30-9-3-5-15(13-30)20(27)32)34-22(18)31(29-14)17-7-2-6-16(11-17)23(24,25)26/h2,6-7,11-12,15H,3-5,8-10,13H2,1H3,(H2,27,32)(H,28,33). The molecule has 0 aliphatic carbocycles. The molecule has 2 amide bonds. The van der Waals surface area contributed by atoms with Crippen molar-refractivity contribution in [3.63, 3.8) is 0 Å². The fourth-order valence-electron chi connectivity index (χ4n) is 4.23. The van der Waals surface area contributed by atoms with Crippen LogP contribution in [0.15, 0.2) is 30.3 Å². The van der Waals surface area contributed by atoms with Gasteiger partial charge >= 0.3 is 6.18 Å². The topological polar surface area (TPSA) is 93.2 Å². The van der Waals surface area contributed by atoms with Gasteiger partial charge in [-0.3, -0.25) is 9.59 Å². The third-order valence-electron chi connectivity index (χ3n) is 6.03. The molecular formula is C23H26F3N5O2S. The number of carbonyl (C=O) groups is 2. The molecule has 1 atom stereocenters. The summed E-state index contributed by atoms with van der Waals surface area (Å²) in [6, 6.07) is 6.70. The number of primary amides is 1. The molecule has 11 heteroatoms. The van der Waals surface area contributed by atoms with E-state index in [-0.39, 0.29) is 23.4 Å². The van der Waals surface area contributed by atoms with E-state index < -0.39 is 11.7 Å². The van der Waals surface area contributed by atoms with Gasteiger partial charge in [0.05, 0.1) is 27.7 Å². The molecule has 0 spiro atoms. The molecule has 3 N–H and O–H groups in total. The first kappa shape index (κ1) is 24.2. The summed E-state index contributed by atoms with van der Waals surface area (Å²) >= 11 is 1.20. The van der Waals surface area contributed by atoms with Crippen molar-refractivity contribution in [2.75, 3.05) is 26.2 Å². The van der Waals surface area contributed by atoms with Gasteiger partial charge in [0.1, 0.15) is 4.83 Å². The molecule has 1 aromatic carbocycles. The lowest BCUT2D eigenvalue weighted by Gasteiger charge is -2.31. The van der Waals surface area contributed by atoms with Gasteiger partial charge in [-0.15, -0.1) is 11.3 Å². The Morgan fingerprint density at radius 3 is 2.82 bits per heavy atom. The lowest BCUT2D eigenvalue weighted by atomic mass is 9.97. The van der Waals surface area contributed by atoms with Crippen LogP contribution in [0.4, 0.5) is 13.2 Å². The highest BCUT2D eigenvalue weighted by atomic mass is 32.1. The smallest absolute Gasteiger partial charge is 0.369 e. The van der Waals surface area contributed by atoms with Crippen LogP contribution in [-0.4, -0.2) is 52.7 Å². The maximum Gasteiger partial charge on any atom is 0.416 e. The summed E-state index contributed by atoms with van der Waals surface area (Å²) < 4.78 is 40.8. The Morgan fingerprint density at radius 2 is 2.09 bits per heavy atom. The molecule has 0 radical (unpaired) electrons. The number of fused-ring (bicyclic) bond motifs is 1. The van der Waals surface area contributed by atoms with Crippen molar-refractivity contribution in [3.8, 4) is 5.69 Å². The van der Waals surface area contributed by atoms with Crippen molar-refractivity contribution >= 4 is 33.4 Å². The van der Waals surface area contributed by atoms with E-state index in [0.29, 0.717) is 28.5 Å². The molecule has 1 fully saturated rings. The van der Waals surface area contributed by atoms with E-state index in [1.54, 1.807) is 19.1 Å². The largest absolute Gasteiger partial charge is 0.416 e. The van der Waals surface area contributed by atoms with E-state index in [2.05, 4.69) is 15.3 Å². The van der Waals surface area contributed by atoms with E-state index in [0.717, 1.165) is 49.9 Å². The lowest BCUT2D eigenvalue weighted by Crippen LogP contribution is -2.42. The number of nitrogens with one attached hydrogen (secondary N) is 1. The molecule has 1 aliphatic rings. The Kier molecular flexibility index (Phi) is 6.94. The van der Waals surface area contributed by atoms with Crippen LogP contribution in [0.1, 0.15) is 40.2 Å². The molecule has 3 aromatic rings. The van der Waals surface area contributed by atoms with Gasteiger partial charge in [0.25, 0.3) is 5.91 Å². The third kappa shape index (κ3) is 5.25. The van der Waals surface area contributed by atoms with Gasteiger partial charge in [-0.25, -0.2) is 4.68 Å². The summed E-state index contributed by atoms with van der Waals surface area (Å²) in [4.78, 5) is 27.4. The number of nitrogens with two attached hydrogens (primary N) is 1. The minimum Gasteiger partial charge on any atom is -0.369 e. The van der Waals surface area contributed by atoms with E-state index in [1.165, 1.54) is 22.1 Å². The first-order valence-corrected chi connectivity index (χ1v) is 11.9. The number of thiophene rings is 1. The van der Waals surface area contributed by atoms with Crippen LogP contribution < -0.4 is 11.1 Å². The van der Waals surface area contributed by atoms with Crippen LogP contribution in [0, 0.1) is 12.8 Å². The number of nitrogens with zero attached hydrogens (tertiary/aromatic N) is 3. The van der Waals surface area contributed by atoms with E-state index in [4.69, 9.17) is 5.73 Å². The Bertz CT molecular complexity index is 1200. The Balaban J connectivity index is 1.40. The molecular weight excluding hydrogens is 467 g/mol. The maximum atomic E-state index is 13.1. The van der Waals surface area contributed by atoms with Gasteiger partial charge in [0.15, 0.2) is 0 Å². The summed E-state index contributed by atoms with van der Waals surface area (Å²) in [5.41, 5.74) is 5.59. The maximum absolute atomic E-state index is 13.1. The fraction of sp³-hybridized carbons (Fsp3) is 0.435. The summed E-state index contributed by atoms with van der Waals surface area (Å²) in [6.45, 7) is 4.58. The molecule has 7 nitrogen and oxygen atoms in total. The minimum absolute atomic E-state index is 0.110. The van der Waals surface area contributed by atoms with Crippen LogP contribution in [-0.2, 0) is 11.0 Å². The first-order chi connectivity index (χ1) is 16.1. The van der Waals surface area contributed by atoms with Gasteiger partial charge in [0.2, 0.25) is 5.91 Å². The van der Waals surface area contributed by atoms with Crippen molar-refractivity contribution in [1.29, 1.82) is 0 Å². The van der Waals surface area contributed by atoms with Crippen molar-refractivity contribution in [2.24, 2.45) is 11.7 Å². The predicted molar refractivity (Wildman–Crippen MR) is 124 cm³/mol. The van der Waals surface area contributed by atoms with Crippen LogP contribution in [0.25, 0.3) is 15.9 Å². The fourth-order valence-corrected chi connectivity index (χ4v) is 5.33. The number of aryl methyl sites for hydroxylation is 1. The molecule has 3 heterocycles. The number of halogens is 3. The number of rotatable bonds is 7. The number of hydrogen-bond donors (Lipinski definition) is 2. The molecule has 4 rings (SSSR count). The number of carbonyl (C=O) groups excluding carboxylic acids is 2. The number of alkyl halides is 3. The quantitative estimate of drug-likeness (QED) is 0.491. The monoisotopic (exact) mass is 493 g/mol. The highest BCUT2D eigenvalue weighted by Gasteiger charge is 2.31. The number of aromatic nitrogens is 2. The normalized spacial score (nSPS) is 17.2. The Morgan fingerprint density at radius 1 is 1.29 bits per heavy atom. The third-order valence-corrected chi connectivity index (χ3v) is 7.14. The van der Waals surface area contributed by atoms with Crippen LogP contribution >= 0.6 is 11.3 Å². The Hall–Kier alpha value is -2.92. The zero-order valence-electron chi connectivity index (χ0n) is 18.7.